The van der Waals surface area contributed by atoms with Crippen molar-refractivity contribution in [1.29, 1.82) is 0 Å². The monoisotopic (exact) mass is 281 g/mol. The first-order valence-electron chi connectivity index (χ1n) is 7.40. The van der Waals surface area contributed by atoms with Crippen molar-refractivity contribution in [3.63, 3.8) is 0 Å². The Kier molecular flexibility index (Phi) is 4.79. The van der Waals surface area contributed by atoms with Crippen LogP contribution in [0.4, 0.5) is 0 Å². The summed E-state index contributed by atoms with van der Waals surface area (Å²) in [4.78, 5) is 14.7. The highest BCUT2D eigenvalue weighted by Gasteiger charge is 2.19. The second-order valence-corrected chi connectivity index (χ2v) is 5.89. The average molecular weight is 281 g/mol. The van der Waals surface area contributed by atoms with Gasteiger partial charge in [0.25, 0.3) is 5.91 Å². The minimum Gasteiger partial charge on any atom is -0.332 e. The molecular weight excluding hydrogens is 258 g/mol. The number of hydrogen-bond donors (Lipinski definition) is 0. The molecule has 21 heavy (non-hydrogen) atoms. The third-order valence-electron chi connectivity index (χ3n) is 3.55. The molecule has 0 atom stereocenters. The lowest BCUT2D eigenvalue weighted by Crippen LogP contribution is -2.36. The molecule has 110 valence electrons. The Balaban J connectivity index is 2.27. The van der Waals surface area contributed by atoms with E-state index >= 15 is 0 Å². The van der Waals surface area contributed by atoms with E-state index in [2.05, 4.69) is 32.0 Å². The fourth-order valence-corrected chi connectivity index (χ4v) is 2.53. The summed E-state index contributed by atoms with van der Waals surface area (Å²) in [6.07, 6.45) is 0. The highest BCUT2D eigenvalue weighted by Crippen LogP contribution is 2.16. The van der Waals surface area contributed by atoms with Gasteiger partial charge in [0.05, 0.1) is 0 Å². The average Bonchev–Trinajstić information content (AvgIpc) is 2.44. The van der Waals surface area contributed by atoms with Crippen LogP contribution in [0.1, 0.15) is 40.9 Å². The van der Waals surface area contributed by atoms with Crippen LogP contribution in [-0.4, -0.2) is 16.8 Å². The van der Waals surface area contributed by atoms with Crippen molar-refractivity contribution in [3.05, 3.63) is 70.8 Å². The molecular formula is C19H23NO. The standard InChI is InChI=1S/C19H23NO/c1-14(2)20(13-17-8-6-5-7-9-17)19(21)18-11-15(3)10-16(4)12-18/h5-12,14H,13H2,1-4H3. The van der Waals surface area contributed by atoms with Crippen LogP contribution in [0, 0.1) is 13.8 Å². The molecule has 0 spiro atoms. The van der Waals surface area contributed by atoms with Gasteiger partial charge < -0.3 is 4.90 Å². The molecule has 2 rings (SSSR count). The van der Waals surface area contributed by atoms with Gasteiger partial charge >= 0.3 is 0 Å². The molecule has 0 unspecified atom stereocenters. The van der Waals surface area contributed by atoms with E-state index in [9.17, 15) is 4.79 Å². The Morgan fingerprint density at radius 2 is 1.57 bits per heavy atom. The number of hydrogen-bond acceptors (Lipinski definition) is 1. The van der Waals surface area contributed by atoms with E-state index in [1.54, 1.807) is 0 Å². The predicted octanol–water partition coefficient (Wildman–Crippen LogP) is 4.35. The summed E-state index contributed by atoms with van der Waals surface area (Å²) in [7, 11) is 0. The van der Waals surface area contributed by atoms with Crippen LogP contribution in [0.5, 0.6) is 0 Å². The van der Waals surface area contributed by atoms with Crippen LogP contribution in [-0.2, 0) is 6.54 Å². The lowest BCUT2D eigenvalue weighted by atomic mass is 10.1. The van der Waals surface area contributed by atoms with Crippen LogP contribution in [0.2, 0.25) is 0 Å². The molecule has 0 heterocycles. The molecule has 2 aromatic rings. The first-order valence-corrected chi connectivity index (χ1v) is 7.40. The van der Waals surface area contributed by atoms with Gasteiger partial charge in [-0.05, 0) is 45.4 Å². The highest BCUT2D eigenvalue weighted by molar-refractivity contribution is 5.94. The number of rotatable bonds is 4. The van der Waals surface area contributed by atoms with E-state index in [0.717, 1.165) is 22.3 Å². The number of amides is 1. The number of nitrogens with zero attached hydrogens (tertiary/aromatic N) is 1. The normalized spacial score (nSPS) is 10.7. The molecule has 0 aromatic heterocycles. The maximum Gasteiger partial charge on any atom is 0.254 e. The summed E-state index contributed by atoms with van der Waals surface area (Å²) in [6.45, 7) is 8.82. The lowest BCUT2D eigenvalue weighted by molar-refractivity contribution is 0.0690. The topological polar surface area (TPSA) is 20.3 Å². The van der Waals surface area contributed by atoms with Crippen molar-refractivity contribution in [2.45, 2.75) is 40.3 Å². The molecule has 0 N–H and O–H groups in total. The molecule has 0 aliphatic heterocycles. The van der Waals surface area contributed by atoms with Gasteiger partial charge in [0.2, 0.25) is 0 Å². The summed E-state index contributed by atoms with van der Waals surface area (Å²) in [5, 5.41) is 0. The lowest BCUT2D eigenvalue weighted by Gasteiger charge is -2.27. The van der Waals surface area contributed by atoms with Gasteiger partial charge in [0, 0.05) is 18.2 Å². The number of benzene rings is 2. The smallest absolute Gasteiger partial charge is 0.254 e. The van der Waals surface area contributed by atoms with Gasteiger partial charge in [-0.25, -0.2) is 0 Å². The molecule has 2 aromatic carbocycles. The van der Waals surface area contributed by atoms with E-state index in [0.29, 0.717) is 6.54 Å². The van der Waals surface area contributed by atoms with Crippen molar-refractivity contribution in [3.8, 4) is 0 Å². The summed E-state index contributed by atoms with van der Waals surface area (Å²) in [5.41, 5.74) is 4.18. The van der Waals surface area contributed by atoms with Crippen molar-refractivity contribution in [1.82, 2.24) is 4.90 Å². The molecule has 0 radical (unpaired) electrons. The van der Waals surface area contributed by atoms with Gasteiger partial charge in [-0.3, -0.25) is 4.79 Å². The van der Waals surface area contributed by atoms with Crippen molar-refractivity contribution >= 4 is 5.91 Å². The maximum atomic E-state index is 12.8. The van der Waals surface area contributed by atoms with Crippen molar-refractivity contribution in [2.75, 3.05) is 0 Å². The number of carbonyl (C=O) groups excluding carboxylic acids is 1. The van der Waals surface area contributed by atoms with Crippen LogP contribution in [0.25, 0.3) is 0 Å². The first kappa shape index (κ1) is 15.3. The molecule has 2 nitrogen and oxygen atoms in total. The van der Waals surface area contributed by atoms with Crippen molar-refractivity contribution < 1.29 is 4.79 Å². The third kappa shape index (κ3) is 3.94. The van der Waals surface area contributed by atoms with E-state index < -0.39 is 0 Å². The summed E-state index contributed by atoms with van der Waals surface area (Å²) in [6, 6.07) is 16.3. The third-order valence-corrected chi connectivity index (χ3v) is 3.55. The predicted molar refractivity (Wildman–Crippen MR) is 87.4 cm³/mol. The van der Waals surface area contributed by atoms with Crippen LogP contribution in [0.15, 0.2) is 48.5 Å². The Morgan fingerprint density at radius 1 is 1.00 bits per heavy atom. The first-order chi connectivity index (χ1) is 9.97. The van der Waals surface area contributed by atoms with Gasteiger partial charge in [0.15, 0.2) is 0 Å². The minimum absolute atomic E-state index is 0.0978. The fraction of sp³-hybridized carbons (Fsp3) is 0.316. The van der Waals surface area contributed by atoms with Crippen LogP contribution >= 0.6 is 0 Å². The Hall–Kier alpha value is -2.09. The number of aryl methyl sites for hydroxylation is 2. The number of carbonyl (C=O) groups is 1. The quantitative estimate of drug-likeness (QED) is 0.815. The zero-order valence-electron chi connectivity index (χ0n) is 13.3. The zero-order valence-corrected chi connectivity index (χ0v) is 13.3. The summed E-state index contributed by atoms with van der Waals surface area (Å²) < 4.78 is 0. The molecule has 0 aliphatic rings. The summed E-state index contributed by atoms with van der Waals surface area (Å²) >= 11 is 0. The Bertz CT molecular complexity index is 596. The Morgan fingerprint density at radius 3 is 2.10 bits per heavy atom. The Labute approximate surface area is 127 Å². The highest BCUT2D eigenvalue weighted by atomic mass is 16.2. The van der Waals surface area contributed by atoms with Crippen molar-refractivity contribution in [2.24, 2.45) is 0 Å². The molecule has 0 bridgehead atoms. The maximum absolute atomic E-state index is 12.8. The largest absolute Gasteiger partial charge is 0.332 e. The van der Waals surface area contributed by atoms with E-state index in [4.69, 9.17) is 0 Å². The van der Waals surface area contributed by atoms with Gasteiger partial charge in [0.1, 0.15) is 0 Å². The van der Waals surface area contributed by atoms with Gasteiger partial charge in [-0.15, -0.1) is 0 Å². The van der Waals surface area contributed by atoms with Crippen LogP contribution in [0.3, 0.4) is 0 Å². The van der Waals surface area contributed by atoms with Gasteiger partial charge in [-0.2, -0.15) is 0 Å². The fourth-order valence-electron chi connectivity index (χ4n) is 2.53. The SMILES string of the molecule is Cc1cc(C)cc(C(=O)N(Cc2ccccc2)C(C)C)c1. The van der Waals surface area contributed by atoms with E-state index in [1.807, 2.05) is 49.1 Å². The molecule has 1 amide bonds. The molecule has 0 aliphatic carbocycles. The van der Waals surface area contributed by atoms with Crippen LogP contribution < -0.4 is 0 Å². The molecule has 0 saturated heterocycles. The second kappa shape index (κ2) is 6.57. The molecule has 2 heteroatoms. The molecule has 0 saturated carbocycles. The molecule has 0 fully saturated rings. The zero-order chi connectivity index (χ0) is 15.4. The van der Waals surface area contributed by atoms with E-state index in [1.165, 1.54) is 0 Å². The van der Waals surface area contributed by atoms with E-state index in [-0.39, 0.29) is 11.9 Å². The second-order valence-electron chi connectivity index (χ2n) is 5.89. The minimum atomic E-state index is 0.0978. The summed E-state index contributed by atoms with van der Waals surface area (Å²) in [5.74, 6) is 0.0978. The van der Waals surface area contributed by atoms with Gasteiger partial charge in [-0.1, -0.05) is 47.5 Å².